The minimum atomic E-state index is -3.43. The lowest BCUT2D eigenvalue weighted by Gasteiger charge is -2.16. The molecule has 66 valence electrons. The summed E-state index contributed by atoms with van der Waals surface area (Å²) in [6.45, 7) is 2.64. The van der Waals surface area contributed by atoms with E-state index in [1.54, 1.807) is 0 Å². The zero-order valence-electron chi connectivity index (χ0n) is 6.23. The van der Waals surface area contributed by atoms with Gasteiger partial charge in [-0.05, 0) is 13.8 Å². The van der Waals surface area contributed by atoms with Crippen LogP contribution in [0.15, 0.2) is 0 Å². The fourth-order valence-electron chi connectivity index (χ4n) is 0.390. The number of rotatable bonds is 3. The predicted octanol–water partition coefficient (Wildman–Crippen LogP) is 1.97. The van der Waals surface area contributed by atoms with Crippen LogP contribution < -0.4 is 0 Å². The maximum Gasteiger partial charge on any atom is 0.378 e. The van der Waals surface area contributed by atoms with Gasteiger partial charge in [0.15, 0.2) is 0 Å². The fourth-order valence-corrected chi connectivity index (χ4v) is 0.577. The monoisotopic (exact) mass is 230 g/mol. The molecule has 0 saturated heterocycles. The van der Waals surface area contributed by atoms with Crippen molar-refractivity contribution < 1.29 is 18.3 Å². The van der Waals surface area contributed by atoms with Gasteiger partial charge in [-0.1, -0.05) is 15.9 Å². The van der Waals surface area contributed by atoms with Crippen molar-refractivity contribution in [1.82, 2.24) is 0 Å². The smallest absolute Gasteiger partial charge is 0.378 e. The molecule has 0 saturated carbocycles. The number of hydrogen-bond donors (Lipinski definition) is 0. The molecule has 11 heavy (non-hydrogen) atoms. The van der Waals surface area contributed by atoms with Gasteiger partial charge < -0.3 is 4.74 Å². The molecular formula is C6H9BrF2O2. The molecule has 0 rings (SSSR count). The van der Waals surface area contributed by atoms with E-state index in [1.807, 2.05) is 0 Å². The molecule has 2 nitrogen and oxygen atoms in total. The van der Waals surface area contributed by atoms with Crippen LogP contribution in [0.1, 0.15) is 13.8 Å². The molecule has 1 unspecified atom stereocenters. The second-order valence-electron chi connectivity index (χ2n) is 1.96. The van der Waals surface area contributed by atoms with E-state index in [1.165, 1.54) is 13.8 Å². The first-order chi connectivity index (χ1) is 4.92. The number of carbonyl (C=O) groups is 1. The molecule has 0 aromatic heterocycles. The summed E-state index contributed by atoms with van der Waals surface area (Å²) in [6.07, 6.45) is 0. The van der Waals surface area contributed by atoms with Crippen molar-refractivity contribution in [3.05, 3.63) is 0 Å². The largest absolute Gasteiger partial charge is 0.462 e. The minimum absolute atomic E-state index is 0.0336. The van der Waals surface area contributed by atoms with Gasteiger partial charge in [0.2, 0.25) is 0 Å². The number of ether oxygens (including phenoxy) is 1. The van der Waals surface area contributed by atoms with Crippen LogP contribution in [0, 0.1) is 0 Å². The highest BCUT2D eigenvalue weighted by Crippen LogP contribution is 2.25. The van der Waals surface area contributed by atoms with Crippen LogP contribution >= 0.6 is 15.9 Å². The highest BCUT2D eigenvalue weighted by molar-refractivity contribution is 9.09. The third kappa shape index (κ3) is 2.73. The summed E-state index contributed by atoms with van der Waals surface area (Å²) in [6, 6.07) is 0. The van der Waals surface area contributed by atoms with Gasteiger partial charge in [-0.25, -0.2) is 4.79 Å². The van der Waals surface area contributed by atoms with Gasteiger partial charge >= 0.3 is 11.9 Å². The van der Waals surface area contributed by atoms with Gasteiger partial charge in [0.1, 0.15) is 0 Å². The average Bonchev–Trinajstić information content (AvgIpc) is 1.88. The zero-order valence-corrected chi connectivity index (χ0v) is 7.82. The lowest BCUT2D eigenvalue weighted by atomic mass is 10.3. The summed E-state index contributed by atoms with van der Waals surface area (Å²) < 4.78 is 29.4. The Morgan fingerprint density at radius 1 is 1.73 bits per heavy atom. The van der Waals surface area contributed by atoms with E-state index < -0.39 is 16.7 Å². The minimum Gasteiger partial charge on any atom is -0.462 e. The van der Waals surface area contributed by atoms with E-state index in [0.717, 1.165) is 0 Å². The quantitative estimate of drug-likeness (QED) is 0.548. The molecule has 0 aromatic carbocycles. The van der Waals surface area contributed by atoms with Crippen molar-refractivity contribution in [3.8, 4) is 0 Å². The second-order valence-corrected chi connectivity index (χ2v) is 3.33. The van der Waals surface area contributed by atoms with Gasteiger partial charge in [-0.2, -0.15) is 8.78 Å². The van der Waals surface area contributed by atoms with Gasteiger partial charge in [0, 0.05) is 0 Å². The summed E-state index contributed by atoms with van der Waals surface area (Å²) in [4.78, 5) is 9.30. The van der Waals surface area contributed by atoms with E-state index >= 15 is 0 Å². The normalized spacial score (nSPS) is 14.3. The van der Waals surface area contributed by atoms with Crippen molar-refractivity contribution in [2.45, 2.75) is 24.6 Å². The summed E-state index contributed by atoms with van der Waals surface area (Å²) in [5, 5.41) is 0. The Labute approximate surface area is 72.0 Å². The predicted molar refractivity (Wildman–Crippen MR) is 40.0 cm³/mol. The molecular weight excluding hydrogens is 222 g/mol. The van der Waals surface area contributed by atoms with Crippen molar-refractivity contribution in [3.63, 3.8) is 0 Å². The van der Waals surface area contributed by atoms with Crippen molar-refractivity contribution in [2.75, 3.05) is 6.61 Å². The van der Waals surface area contributed by atoms with Gasteiger partial charge in [0.25, 0.3) is 0 Å². The van der Waals surface area contributed by atoms with Crippen molar-refractivity contribution in [1.29, 1.82) is 0 Å². The van der Waals surface area contributed by atoms with Crippen LogP contribution in [-0.2, 0) is 9.53 Å². The second kappa shape index (κ2) is 3.99. The van der Waals surface area contributed by atoms with E-state index in [9.17, 15) is 13.6 Å². The number of carbonyl (C=O) groups excluding carboxylic acids is 1. The van der Waals surface area contributed by atoms with Gasteiger partial charge in [0.05, 0.1) is 11.4 Å². The van der Waals surface area contributed by atoms with E-state index in [0.29, 0.717) is 0 Å². The number of esters is 1. The molecule has 0 amide bonds. The topological polar surface area (TPSA) is 26.3 Å². The van der Waals surface area contributed by atoms with Crippen LogP contribution in [0.4, 0.5) is 8.78 Å². The van der Waals surface area contributed by atoms with Crippen LogP contribution in [-0.4, -0.2) is 23.3 Å². The molecule has 0 aliphatic rings. The van der Waals surface area contributed by atoms with Crippen LogP contribution in [0.2, 0.25) is 0 Å². The van der Waals surface area contributed by atoms with Gasteiger partial charge in [-0.15, -0.1) is 0 Å². The molecule has 0 N–H and O–H groups in total. The first-order valence-corrected chi connectivity index (χ1v) is 4.03. The maximum atomic E-state index is 12.6. The Morgan fingerprint density at radius 2 is 2.18 bits per heavy atom. The first kappa shape index (κ1) is 10.8. The molecule has 0 spiro atoms. The first-order valence-electron chi connectivity index (χ1n) is 3.12. The molecule has 0 fully saturated rings. The zero-order chi connectivity index (χ0) is 9.07. The molecule has 0 aliphatic heterocycles. The number of alkyl halides is 3. The van der Waals surface area contributed by atoms with E-state index in [2.05, 4.69) is 20.7 Å². The molecule has 5 heteroatoms. The summed E-state index contributed by atoms with van der Waals surface area (Å²) >= 11 is 2.62. The Kier molecular flexibility index (Phi) is 3.92. The lowest BCUT2D eigenvalue weighted by Crippen LogP contribution is -2.37. The Hall–Kier alpha value is -0.190. The Bertz CT molecular complexity index is 148. The molecule has 1 atom stereocenters. The fraction of sp³-hybridized carbons (Fsp3) is 0.833. The molecule has 0 radical (unpaired) electrons. The third-order valence-corrected chi connectivity index (χ3v) is 1.62. The number of hydrogen-bond acceptors (Lipinski definition) is 2. The molecule has 0 heterocycles. The summed E-state index contributed by atoms with van der Waals surface area (Å²) in [5.41, 5.74) is 0. The highest BCUT2D eigenvalue weighted by Gasteiger charge is 2.45. The van der Waals surface area contributed by atoms with E-state index in [-0.39, 0.29) is 6.61 Å². The Morgan fingerprint density at radius 3 is 2.45 bits per heavy atom. The Balaban J connectivity index is 4.18. The third-order valence-electron chi connectivity index (χ3n) is 1.05. The lowest BCUT2D eigenvalue weighted by molar-refractivity contribution is -0.170. The van der Waals surface area contributed by atoms with E-state index in [4.69, 9.17) is 0 Å². The summed E-state index contributed by atoms with van der Waals surface area (Å²) in [5.74, 6) is -4.92. The van der Waals surface area contributed by atoms with Gasteiger partial charge in [-0.3, -0.25) is 0 Å². The average molecular weight is 231 g/mol. The van der Waals surface area contributed by atoms with Crippen LogP contribution in [0.5, 0.6) is 0 Å². The van der Waals surface area contributed by atoms with Crippen molar-refractivity contribution >= 4 is 21.9 Å². The molecule has 0 bridgehead atoms. The molecule has 0 aromatic rings. The molecule has 0 aliphatic carbocycles. The van der Waals surface area contributed by atoms with Crippen LogP contribution in [0.3, 0.4) is 0 Å². The van der Waals surface area contributed by atoms with Crippen molar-refractivity contribution in [2.24, 2.45) is 0 Å². The standard InChI is InChI=1S/C6H9BrF2O2/c1-3-11-5(10)6(8,9)4(2)7/h4H,3H2,1-2H3. The highest BCUT2D eigenvalue weighted by atomic mass is 79.9. The number of halogens is 3. The summed E-state index contributed by atoms with van der Waals surface area (Å²) in [7, 11) is 0. The van der Waals surface area contributed by atoms with Crippen LogP contribution in [0.25, 0.3) is 0 Å². The SMILES string of the molecule is CCOC(=O)C(F)(F)C(C)Br. The maximum absolute atomic E-state index is 12.6.